The Bertz CT molecular complexity index is 1040. The predicted octanol–water partition coefficient (Wildman–Crippen LogP) is 1.000. The lowest BCUT2D eigenvalue weighted by atomic mass is 9.97. The molecule has 2 saturated heterocycles. The van der Waals surface area contributed by atoms with Crippen molar-refractivity contribution in [2.45, 2.75) is 44.9 Å². The molecule has 2 aromatic rings. The van der Waals surface area contributed by atoms with Gasteiger partial charge in [0.1, 0.15) is 0 Å². The molecule has 180 valence electrons. The van der Waals surface area contributed by atoms with Crippen LogP contribution in [-0.2, 0) is 17.6 Å². The number of nitrogens with zero attached hydrogens (tertiary/aromatic N) is 6. The van der Waals surface area contributed by atoms with Crippen molar-refractivity contribution in [3.63, 3.8) is 0 Å². The summed E-state index contributed by atoms with van der Waals surface area (Å²) in [6, 6.07) is 0. The summed E-state index contributed by atoms with van der Waals surface area (Å²) >= 11 is 1.47. The fourth-order valence-corrected chi connectivity index (χ4v) is 6.13. The highest BCUT2D eigenvalue weighted by Gasteiger charge is 2.28. The number of hydrogen-bond acceptors (Lipinski definition) is 8. The van der Waals surface area contributed by atoms with Gasteiger partial charge in [0.2, 0.25) is 16.0 Å². The molecule has 0 spiro atoms. The molecule has 1 unspecified atom stereocenters. The van der Waals surface area contributed by atoms with Crippen LogP contribution in [0.25, 0.3) is 4.96 Å². The van der Waals surface area contributed by atoms with Crippen LogP contribution >= 0.6 is 11.3 Å². The number of hydrogen-bond donors (Lipinski definition) is 1. The van der Waals surface area contributed by atoms with Crippen LogP contribution in [0, 0.1) is 5.92 Å². The number of carbonyl (C=O) groups is 1. The van der Waals surface area contributed by atoms with E-state index in [-0.39, 0.29) is 17.4 Å². The molecule has 0 saturated carbocycles. The van der Waals surface area contributed by atoms with Crippen LogP contribution in [0.3, 0.4) is 0 Å². The number of fused-ring (bicyclic) bond motifs is 2. The SMILES string of the molecule is CN1CCN(CCCNC(=O)C2CCCN(c3nn4c(=O)c5c(nc4s3)CCCC5)C2)CC1. The molecule has 10 heteroatoms. The average Bonchev–Trinajstić information content (AvgIpc) is 3.28. The summed E-state index contributed by atoms with van der Waals surface area (Å²) in [5, 5.41) is 8.57. The molecule has 4 heterocycles. The molecule has 0 aromatic carbocycles. The Balaban J connectivity index is 1.16. The van der Waals surface area contributed by atoms with Gasteiger partial charge in [-0.15, -0.1) is 5.10 Å². The summed E-state index contributed by atoms with van der Waals surface area (Å²) in [5.74, 6) is 0.109. The van der Waals surface area contributed by atoms with Crippen LogP contribution in [0.4, 0.5) is 5.13 Å². The largest absolute Gasteiger partial charge is 0.356 e. The van der Waals surface area contributed by atoms with Crippen LogP contribution in [-0.4, -0.2) is 89.7 Å². The van der Waals surface area contributed by atoms with Crippen molar-refractivity contribution < 1.29 is 4.79 Å². The Morgan fingerprint density at radius 1 is 1.12 bits per heavy atom. The lowest BCUT2D eigenvalue weighted by molar-refractivity contribution is -0.125. The Hall–Kier alpha value is -2.04. The first-order valence-corrected chi connectivity index (χ1v) is 13.3. The maximum absolute atomic E-state index is 12.9. The van der Waals surface area contributed by atoms with Gasteiger partial charge in [0.25, 0.3) is 5.56 Å². The number of amides is 1. The normalized spacial score (nSPS) is 22.5. The van der Waals surface area contributed by atoms with Gasteiger partial charge >= 0.3 is 0 Å². The van der Waals surface area contributed by atoms with E-state index < -0.39 is 0 Å². The van der Waals surface area contributed by atoms with E-state index in [0.29, 0.717) is 11.5 Å². The molecule has 1 amide bonds. The van der Waals surface area contributed by atoms with Crippen LogP contribution in [0.2, 0.25) is 0 Å². The lowest BCUT2D eigenvalue weighted by Gasteiger charge is -2.32. The third kappa shape index (κ3) is 5.07. The van der Waals surface area contributed by atoms with E-state index in [1.54, 1.807) is 0 Å². The fraction of sp³-hybridized carbons (Fsp3) is 0.739. The molecule has 0 radical (unpaired) electrons. The van der Waals surface area contributed by atoms with Crippen molar-refractivity contribution in [2.24, 2.45) is 5.92 Å². The third-order valence-corrected chi connectivity index (χ3v) is 8.25. The third-order valence-electron chi connectivity index (χ3n) is 7.28. The van der Waals surface area contributed by atoms with E-state index in [1.165, 1.54) is 15.9 Å². The number of aryl methyl sites for hydroxylation is 1. The van der Waals surface area contributed by atoms with E-state index in [4.69, 9.17) is 4.98 Å². The minimum atomic E-state index is -0.0349. The minimum Gasteiger partial charge on any atom is -0.356 e. The zero-order valence-corrected chi connectivity index (χ0v) is 20.4. The van der Waals surface area contributed by atoms with Gasteiger partial charge in [0.05, 0.1) is 11.6 Å². The van der Waals surface area contributed by atoms with E-state index in [0.717, 1.165) is 107 Å². The fourth-order valence-electron chi connectivity index (χ4n) is 5.19. The topological polar surface area (TPSA) is 86.1 Å². The molecule has 2 fully saturated rings. The number of nitrogens with one attached hydrogen (secondary N) is 1. The number of rotatable bonds is 6. The van der Waals surface area contributed by atoms with Gasteiger partial charge < -0.3 is 20.0 Å². The van der Waals surface area contributed by atoms with Crippen molar-refractivity contribution in [1.82, 2.24) is 29.7 Å². The highest BCUT2D eigenvalue weighted by molar-refractivity contribution is 7.20. The molecular weight excluding hydrogens is 438 g/mol. The number of carbonyl (C=O) groups excluding carboxylic acids is 1. The average molecular weight is 474 g/mol. The summed E-state index contributed by atoms with van der Waals surface area (Å²) in [7, 11) is 2.17. The summed E-state index contributed by atoms with van der Waals surface area (Å²) in [6.45, 7) is 7.77. The molecule has 3 aliphatic rings. The molecule has 33 heavy (non-hydrogen) atoms. The van der Waals surface area contributed by atoms with Gasteiger partial charge in [0, 0.05) is 51.4 Å². The highest BCUT2D eigenvalue weighted by Crippen LogP contribution is 2.28. The standard InChI is InChI=1S/C23H35N7O2S/c1-27-12-14-28(15-13-27)10-5-9-24-20(31)17-6-4-11-29(16-17)23-26-30-21(32)18-7-2-3-8-19(18)25-22(30)33-23/h17H,2-16H2,1H3,(H,24,31). The summed E-state index contributed by atoms with van der Waals surface area (Å²) in [4.78, 5) is 38.1. The Morgan fingerprint density at radius 2 is 1.94 bits per heavy atom. The lowest BCUT2D eigenvalue weighted by Crippen LogP contribution is -2.46. The number of aromatic nitrogens is 3. The maximum Gasteiger partial charge on any atom is 0.278 e. The van der Waals surface area contributed by atoms with E-state index in [2.05, 4.69) is 32.2 Å². The Morgan fingerprint density at radius 3 is 2.79 bits per heavy atom. The first-order chi connectivity index (χ1) is 16.1. The monoisotopic (exact) mass is 473 g/mol. The second kappa shape index (κ2) is 10.1. The van der Waals surface area contributed by atoms with Gasteiger partial charge in [-0.05, 0) is 58.5 Å². The number of likely N-dealkylation sites (N-methyl/N-ethyl adjacent to an activating group) is 1. The number of anilines is 1. The molecule has 9 nitrogen and oxygen atoms in total. The minimum absolute atomic E-state index is 0.0103. The van der Waals surface area contributed by atoms with Crippen LogP contribution in [0.5, 0.6) is 0 Å². The van der Waals surface area contributed by atoms with Gasteiger partial charge in [-0.25, -0.2) is 4.98 Å². The maximum atomic E-state index is 12.9. The molecule has 0 bridgehead atoms. The van der Waals surface area contributed by atoms with Crippen LogP contribution in [0.15, 0.2) is 4.79 Å². The number of piperazine rings is 1. The Kier molecular flexibility index (Phi) is 6.94. The summed E-state index contributed by atoms with van der Waals surface area (Å²) in [5.41, 5.74) is 1.78. The van der Waals surface area contributed by atoms with Gasteiger partial charge in [-0.2, -0.15) is 4.52 Å². The Labute approximate surface area is 198 Å². The first kappa shape index (κ1) is 22.7. The smallest absolute Gasteiger partial charge is 0.278 e. The van der Waals surface area contributed by atoms with Crippen molar-refractivity contribution in [2.75, 3.05) is 64.3 Å². The molecule has 1 atom stereocenters. The van der Waals surface area contributed by atoms with Crippen molar-refractivity contribution in [1.29, 1.82) is 0 Å². The zero-order valence-electron chi connectivity index (χ0n) is 19.6. The summed E-state index contributed by atoms with van der Waals surface area (Å²) < 4.78 is 1.48. The number of piperidine rings is 1. The van der Waals surface area contributed by atoms with Gasteiger partial charge in [0.15, 0.2) is 0 Å². The van der Waals surface area contributed by atoms with Gasteiger partial charge in [-0.1, -0.05) is 11.3 Å². The van der Waals surface area contributed by atoms with Crippen molar-refractivity contribution >= 4 is 27.3 Å². The molecule has 1 aliphatic carbocycles. The van der Waals surface area contributed by atoms with Crippen molar-refractivity contribution in [3.05, 3.63) is 21.6 Å². The van der Waals surface area contributed by atoms with Crippen molar-refractivity contribution in [3.8, 4) is 0 Å². The van der Waals surface area contributed by atoms with E-state index in [1.807, 2.05) is 0 Å². The predicted molar refractivity (Wildman–Crippen MR) is 130 cm³/mol. The van der Waals surface area contributed by atoms with E-state index in [9.17, 15) is 9.59 Å². The molecule has 5 rings (SSSR count). The molecular formula is C23H35N7O2S. The highest BCUT2D eigenvalue weighted by atomic mass is 32.1. The molecule has 2 aromatic heterocycles. The summed E-state index contributed by atoms with van der Waals surface area (Å²) in [6.07, 6.45) is 6.67. The molecule has 1 N–H and O–H groups in total. The van der Waals surface area contributed by atoms with Crippen LogP contribution < -0.4 is 15.8 Å². The molecule has 2 aliphatic heterocycles. The van der Waals surface area contributed by atoms with Gasteiger partial charge in [-0.3, -0.25) is 9.59 Å². The first-order valence-electron chi connectivity index (χ1n) is 12.4. The second-order valence-corrected chi connectivity index (χ2v) is 10.6. The van der Waals surface area contributed by atoms with E-state index >= 15 is 0 Å². The zero-order chi connectivity index (χ0) is 22.8. The van der Waals surface area contributed by atoms with Crippen LogP contribution in [0.1, 0.15) is 43.4 Å². The quantitative estimate of drug-likeness (QED) is 0.627. The second-order valence-electron chi connectivity index (χ2n) is 9.70.